The third kappa shape index (κ3) is 6.77. The van der Waals surface area contributed by atoms with E-state index in [0.717, 1.165) is 18.9 Å². The second kappa shape index (κ2) is 11.5. The van der Waals surface area contributed by atoms with Crippen LogP contribution in [0.25, 0.3) is 0 Å². The SMILES string of the molecule is CN(C)[C@@]1(CCc2cccc(C(F)(F)F)c2)CCCN(c2cc(Cl)c(S(=O)(=O)Nc3ccncn3)c(Cl)c2)C1. The molecule has 1 saturated heterocycles. The summed E-state index contributed by atoms with van der Waals surface area (Å²) >= 11 is 12.9. The van der Waals surface area contributed by atoms with Gasteiger partial charge in [-0.1, -0.05) is 41.4 Å². The molecule has 0 radical (unpaired) electrons. The minimum absolute atomic E-state index is 0.0379. The maximum absolute atomic E-state index is 13.2. The molecule has 0 saturated carbocycles. The van der Waals surface area contributed by atoms with E-state index in [2.05, 4.69) is 24.5 Å². The number of hydrogen-bond acceptors (Lipinski definition) is 6. The van der Waals surface area contributed by atoms with Gasteiger partial charge in [0.1, 0.15) is 17.0 Å². The number of halogens is 5. The summed E-state index contributed by atoms with van der Waals surface area (Å²) in [7, 11) is -0.198. The van der Waals surface area contributed by atoms with Crippen molar-refractivity contribution in [3.05, 3.63) is 76.2 Å². The van der Waals surface area contributed by atoms with Crippen molar-refractivity contribution in [2.75, 3.05) is 36.8 Å². The predicted octanol–water partition coefficient (Wildman–Crippen LogP) is 6.14. The number of anilines is 2. The molecule has 0 spiro atoms. The third-order valence-corrected chi connectivity index (χ3v) is 9.35. The van der Waals surface area contributed by atoms with Gasteiger partial charge in [-0.3, -0.25) is 4.72 Å². The van der Waals surface area contributed by atoms with Gasteiger partial charge in [0.2, 0.25) is 0 Å². The third-order valence-electron chi connectivity index (χ3n) is 7.08. The van der Waals surface area contributed by atoms with E-state index in [4.69, 9.17) is 23.2 Å². The molecular formula is C26H28Cl2F3N5O2S. The molecule has 1 fully saturated rings. The summed E-state index contributed by atoms with van der Waals surface area (Å²) in [4.78, 5) is 11.6. The Kier molecular flexibility index (Phi) is 8.65. The predicted molar refractivity (Wildman–Crippen MR) is 147 cm³/mol. The minimum atomic E-state index is -4.39. The molecule has 1 aliphatic heterocycles. The first-order valence-electron chi connectivity index (χ1n) is 12.2. The topological polar surface area (TPSA) is 78.4 Å². The Morgan fingerprint density at radius 3 is 2.46 bits per heavy atom. The molecule has 39 heavy (non-hydrogen) atoms. The molecule has 2 aromatic carbocycles. The second-order valence-electron chi connectivity index (χ2n) is 9.78. The summed E-state index contributed by atoms with van der Waals surface area (Å²) in [5, 5.41) is -0.0758. The van der Waals surface area contributed by atoms with Crippen LogP contribution >= 0.6 is 23.2 Å². The van der Waals surface area contributed by atoms with Gasteiger partial charge in [0.15, 0.2) is 0 Å². The van der Waals surface area contributed by atoms with Crippen molar-refractivity contribution in [3.8, 4) is 0 Å². The highest BCUT2D eigenvalue weighted by Crippen LogP contribution is 2.39. The number of aromatic nitrogens is 2. The van der Waals surface area contributed by atoms with Crippen LogP contribution in [0.4, 0.5) is 24.7 Å². The minimum Gasteiger partial charge on any atom is -0.370 e. The molecular weight excluding hydrogens is 574 g/mol. The average Bonchev–Trinajstić information content (AvgIpc) is 2.87. The van der Waals surface area contributed by atoms with Gasteiger partial charge in [-0.15, -0.1) is 0 Å². The molecule has 0 unspecified atom stereocenters. The Bertz CT molecular complexity index is 1400. The number of aryl methyl sites for hydroxylation is 1. The maximum atomic E-state index is 13.2. The Hall–Kier alpha value is -2.60. The number of benzene rings is 2. The van der Waals surface area contributed by atoms with Crippen LogP contribution in [0.2, 0.25) is 10.0 Å². The van der Waals surface area contributed by atoms with Crippen LogP contribution in [0, 0.1) is 0 Å². The van der Waals surface area contributed by atoms with Crippen molar-refractivity contribution in [3.63, 3.8) is 0 Å². The highest BCUT2D eigenvalue weighted by Gasteiger charge is 2.38. The van der Waals surface area contributed by atoms with Gasteiger partial charge in [-0.25, -0.2) is 18.4 Å². The van der Waals surface area contributed by atoms with Gasteiger partial charge in [-0.2, -0.15) is 13.2 Å². The Morgan fingerprint density at radius 1 is 1.13 bits per heavy atom. The lowest BCUT2D eigenvalue weighted by Crippen LogP contribution is -2.56. The highest BCUT2D eigenvalue weighted by atomic mass is 35.5. The second-order valence-corrected chi connectivity index (χ2v) is 12.2. The zero-order valence-electron chi connectivity index (χ0n) is 21.3. The van der Waals surface area contributed by atoms with Gasteiger partial charge < -0.3 is 9.80 Å². The monoisotopic (exact) mass is 601 g/mol. The first-order chi connectivity index (χ1) is 18.3. The number of nitrogens with zero attached hydrogens (tertiary/aromatic N) is 4. The molecule has 210 valence electrons. The summed E-state index contributed by atoms with van der Waals surface area (Å²) in [6, 6.07) is 9.98. The molecule has 2 heterocycles. The number of rotatable bonds is 8. The molecule has 3 aromatic rings. The lowest BCUT2D eigenvalue weighted by Gasteiger charge is -2.48. The van der Waals surface area contributed by atoms with E-state index >= 15 is 0 Å². The van der Waals surface area contributed by atoms with Crippen LogP contribution < -0.4 is 9.62 Å². The van der Waals surface area contributed by atoms with Crippen molar-refractivity contribution in [2.24, 2.45) is 0 Å². The van der Waals surface area contributed by atoms with Crippen molar-refractivity contribution in [1.29, 1.82) is 0 Å². The molecule has 1 aliphatic rings. The van der Waals surface area contributed by atoms with Gasteiger partial charge >= 0.3 is 6.18 Å². The summed E-state index contributed by atoms with van der Waals surface area (Å²) in [6.07, 6.45) is 1.01. The quantitative estimate of drug-likeness (QED) is 0.334. The zero-order chi connectivity index (χ0) is 28.4. The number of alkyl halides is 3. The van der Waals surface area contributed by atoms with E-state index in [1.807, 2.05) is 14.1 Å². The standard InChI is InChI=1S/C26H28Cl2F3N5O2S/c1-35(2)25(10-7-18-5-3-6-19(13-18)26(29,30)31)9-4-12-36(16-25)20-14-21(27)24(22(28)15-20)39(37,38)34-23-8-11-32-17-33-23/h3,5-6,8,11,13-15,17H,4,7,9-10,12,16H2,1-2H3,(H,32,33,34)/t25-/m1/s1. The highest BCUT2D eigenvalue weighted by molar-refractivity contribution is 7.93. The fraction of sp³-hybridized carbons (Fsp3) is 0.385. The molecule has 7 nitrogen and oxygen atoms in total. The first kappa shape index (κ1) is 29.4. The van der Waals surface area contributed by atoms with Crippen LogP contribution in [0.5, 0.6) is 0 Å². The van der Waals surface area contributed by atoms with E-state index in [1.165, 1.54) is 30.7 Å². The van der Waals surface area contributed by atoms with Crippen LogP contribution in [0.1, 0.15) is 30.4 Å². The van der Waals surface area contributed by atoms with Crippen LogP contribution in [0.3, 0.4) is 0 Å². The molecule has 1 N–H and O–H groups in total. The molecule has 13 heteroatoms. The molecule has 0 amide bonds. The number of likely N-dealkylation sites (N-methyl/N-ethyl adjacent to an activating group) is 1. The summed E-state index contributed by atoms with van der Waals surface area (Å²) in [5.74, 6) is 0.0776. The van der Waals surface area contributed by atoms with E-state index in [1.54, 1.807) is 18.2 Å². The molecule has 0 bridgehead atoms. The fourth-order valence-electron chi connectivity index (χ4n) is 4.93. The van der Waals surface area contributed by atoms with E-state index in [-0.39, 0.29) is 26.3 Å². The van der Waals surface area contributed by atoms with Crippen molar-refractivity contribution in [2.45, 2.75) is 42.3 Å². The molecule has 4 rings (SSSR count). The number of nitrogens with one attached hydrogen (secondary N) is 1. The van der Waals surface area contributed by atoms with Gasteiger partial charge in [0.05, 0.1) is 15.6 Å². The Balaban J connectivity index is 1.56. The number of piperidine rings is 1. The largest absolute Gasteiger partial charge is 0.416 e. The van der Waals surface area contributed by atoms with Crippen LogP contribution in [-0.2, 0) is 22.6 Å². The Morgan fingerprint density at radius 2 is 1.85 bits per heavy atom. The molecule has 1 aromatic heterocycles. The number of sulfonamides is 1. The fourth-order valence-corrected chi connectivity index (χ4v) is 7.15. The van der Waals surface area contributed by atoms with Gasteiger partial charge in [-0.05, 0) is 69.6 Å². The summed E-state index contributed by atoms with van der Waals surface area (Å²) in [6.45, 7) is 1.26. The smallest absolute Gasteiger partial charge is 0.370 e. The first-order valence-corrected chi connectivity index (χ1v) is 14.4. The normalized spacial score (nSPS) is 18.4. The maximum Gasteiger partial charge on any atom is 0.416 e. The lowest BCUT2D eigenvalue weighted by atomic mass is 9.82. The molecule has 0 aliphatic carbocycles. The lowest BCUT2D eigenvalue weighted by molar-refractivity contribution is -0.137. The summed E-state index contributed by atoms with van der Waals surface area (Å²) < 4.78 is 67.9. The van der Waals surface area contributed by atoms with Crippen molar-refractivity contribution < 1.29 is 21.6 Å². The average molecular weight is 603 g/mol. The molecule has 1 atom stereocenters. The van der Waals surface area contributed by atoms with E-state index in [9.17, 15) is 21.6 Å². The van der Waals surface area contributed by atoms with Crippen LogP contribution in [0.15, 0.2) is 59.9 Å². The van der Waals surface area contributed by atoms with Gasteiger partial charge in [0, 0.05) is 30.5 Å². The number of hydrogen-bond donors (Lipinski definition) is 1. The van der Waals surface area contributed by atoms with Crippen LogP contribution in [-0.4, -0.2) is 56.0 Å². The van der Waals surface area contributed by atoms with E-state index in [0.29, 0.717) is 37.2 Å². The van der Waals surface area contributed by atoms with Gasteiger partial charge in [0.25, 0.3) is 10.0 Å². The summed E-state index contributed by atoms with van der Waals surface area (Å²) in [5.41, 5.74) is 0.304. The zero-order valence-corrected chi connectivity index (χ0v) is 23.7. The van der Waals surface area contributed by atoms with Crippen molar-refractivity contribution in [1.82, 2.24) is 14.9 Å². The Labute approximate surface area is 236 Å². The van der Waals surface area contributed by atoms with Crippen molar-refractivity contribution >= 4 is 44.7 Å². The van der Waals surface area contributed by atoms with E-state index < -0.39 is 21.8 Å².